The van der Waals surface area contributed by atoms with Crippen LogP contribution in [-0.2, 0) is 0 Å². The Balaban J connectivity index is 1.87. The van der Waals surface area contributed by atoms with Gasteiger partial charge in [0.15, 0.2) is 0 Å². The molecule has 2 fully saturated rings. The third kappa shape index (κ3) is 2.58. The fourth-order valence-electron chi connectivity index (χ4n) is 3.94. The maximum atomic E-state index is 10.8. The fraction of sp³-hybridized carbons (Fsp3) is 0.733. The summed E-state index contributed by atoms with van der Waals surface area (Å²) in [5, 5.41) is 10.8. The minimum atomic E-state index is -0.537. The van der Waals surface area contributed by atoms with Crippen LogP contribution in [0, 0.1) is 5.92 Å². The number of hydrogen-bond donors (Lipinski definition) is 1. The van der Waals surface area contributed by atoms with E-state index in [0.29, 0.717) is 12.0 Å². The quantitative estimate of drug-likeness (QED) is 0.899. The molecule has 1 aromatic heterocycles. The van der Waals surface area contributed by atoms with E-state index in [1.165, 1.54) is 12.8 Å². The summed E-state index contributed by atoms with van der Waals surface area (Å²) in [6, 6.07) is 0.400. The summed E-state index contributed by atoms with van der Waals surface area (Å²) < 4.78 is 0.947. The summed E-state index contributed by atoms with van der Waals surface area (Å²) >= 11 is 3.56. The van der Waals surface area contributed by atoms with E-state index >= 15 is 0 Å². The Labute approximate surface area is 128 Å². The number of nitrogens with zero attached hydrogens (tertiary/aromatic N) is 3. The zero-order valence-electron chi connectivity index (χ0n) is 11.9. The van der Waals surface area contributed by atoms with E-state index in [1.807, 2.05) is 6.92 Å². The first-order chi connectivity index (χ1) is 9.59. The minimum Gasteiger partial charge on any atom is -0.390 e. The fourth-order valence-corrected chi connectivity index (χ4v) is 4.39. The van der Waals surface area contributed by atoms with Gasteiger partial charge in [0.2, 0.25) is 0 Å². The van der Waals surface area contributed by atoms with Gasteiger partial charge in [0.25, 0.3) is 0 Å². The molecule has 20 heavy (non-hydrogen) atoms. The number of anilines is 1. The van der Waals surface area contributed by atoms with E-state index in [9.17, 15) is 5.11 Å². The smallest absolute Gasteiger partial charge is 0.146 e. The lowest BCUT2D eigenvalue weighted by Crippen LogP contribution is -2.49. The molecule has 1 aromatic rings. The van der Waals surface area contributed by atoms with Crippen LogP contribution in [0.25, 0.3) is 0 Å². The molecule has 1 aliphatic heterocycles. The maximum absolute atomic E-state index is 10.8. The third-order valence-corrected chi connectivity index (χ3v) is 5.49. The van der Waals surface area contributed by atoms with Crippen LogP contribution >= 0.6 is 15.9 Å². The van der Waals surface area contributed by atoms with Crippen LogP contribution in [0.15, 0.2) is 17.0 Å². The molecule has 0 aromatic carbocycles. The van der Waals surface area contributed by atoms with Gasteiger partial charge in [-0.15, -0.1) is 0 Å². The van der Waals surface area contributed by atoms with Crippen molar-refractivity contribution < 1.29 is 5.11 Å². The summed E-state index contributed by atoms with van der Waals surface area (Å²) in [4.78, 5) is 10.9. The Morgan fingerprint density at radius 2 is 2.20 bits per heavy atom. The topological polar surface area (TPSA) is 49.2 Å². The van der Waals surface area contributed by atoms with Crippen LogP contribution in [-0.4, -0.2) is 33.3 Å². The van der Waals surface area contributed by atoms with Crippen molar-refractivity contribution in [2.24, 2.45) is 5.92 Å². The Kier molecular flexibility index (Phi) is 4.00. The van der Waals surface area contributed by atoms with Gasteiger partial charge in [0.1, 0.15) is 12.1 Å². The lowest BCUT2D eigenvalue weighted by molar-refractivity contribution is -0.0411. The molecular weight excluding hydrogens is 318 g/mol. The van der Waals surface area contributed by atoms with Gasteiger partial charge in [0, 0.05) is 24.7 Å². The van der Waals surface area contributed by atoms with E-state index in [0.717, 1.165) is 42.5 Å². The van der Waals surface area contributed by atoms with Gasteiger partial charge in [-0.2, -0.15) is 0 Å². The van der Waals surface area contributed by atoms with Gasteiger partial charge in [-0.05, 0) is 48.5 Å². The molecule has 0 unspecified atom stereocenters. The van der Waals surface area contributed by atoms with Crippen molar-refractivity contribution in [3.63, 3.8) is 0 Å². The summed E-state index contributed by atoms with van der Waals surface area (Å²) in [5.41, 5.74) is -0.537. The summed E-state index contributed by atoms with van der Waals surface area (Å²) in [6.45, 7) is 3.04. The van der Waals surface area contributed by atoms with Gasteiger partial charge in [0.05, 0.1) is 10.1 Å². The van der Waals surface area contributed by atoms with E-state index in [4.69, 9.17) is 0 Å². The molecule has 0 bridgehead atoms. The largest absolute Gasteiger partial charge is 0.390 e. The zero-order valence-corrected chi connectivity index (χ0v) is 13.5. The molecule has 0 spiro atoms. The molecule has 0 radical (unpaired) electrons. The lowest BCUT2D eigenvalue weighted by Gasteiger charge is -2.44. The number of aromatic nitrogens is 2. The molecule has 4 nitrogen and oxygen atoms in total. The predicted octanol–water partition coefficient (Wildman–Crippen LogP) is 3.15. The minimum absolute atomic E-state index is 0.348. The second-order valence-corrected chi connectivity index (χ2v) is 7.16. The summed E-state index contributed by atoms with van der Waals surface area (Å²) in [7, 11) is 0. The number of aliphatic hydroxyl groups is 1. The van der Waals surface area contributed by atoms with Crippen LogP contribution in [0.3, 0.4) is 0 Å². The molecule has 2 aliphatic rings. The maximum Gasteiger partial charge on any atom is 0.146 e. The van der Waals surface area contributed by atoms with Crippen LogP contribution < -0.4 is 4.90 Å². The number of rotatable bonds is 2. The summed E-state index contributed by atoms with van der Waals surface area (Å²) in [5.74, 6) is 1.32. The molecule has 5 heteroatoms. The standard InChI is InChI=1S/C15H22BrN3O/c1-15(20)7-3-2-5-11(15)13-6-4-8-19(13)14-12(16)9-17-10-18-14/h9-11,13,20H,2-8H2,1H3/t11-,13-,15-/m0/s1. The van der Waals surface area contributed by atoms with Crippen LogP contribution in [0.2, 0.25) is 0 Å². The van der Waals surface area contributed by atoms with Gasteiger partial charge in [-0.25, -0.2) is 9.97 Å². The highest BCUT2D eigenvalue weighted by Crippen LogP contribution is 2.42. The van der Waals surface area contributed by atoms with Crippen molar-refractivity contribution >= 4 is 21.7 Å². The average molecular weight is 340 g/mol. The molecule has 110 valence electrons. The zero-order chi connectivity index (χ0) is 14.2. The van der Waals surface area contributed by atoms with Crippen molar-refractivity contribution in [1.29, 1.82) is 0 Å². The van der Waals surface area contributed by atoms with E-state index in [1.54, 1.807) is 12.5 Å². The molecule has 1 N–H and O–H groups in total. The molecule has 3 atom stereocenters. The van der Waals surface area contributed by atoms with Gasteiger partial charge < -0.3 is 10.0 Å². The Hall–Kier alpha value is -0.680. The summed E-state index contributed by atoms with van der Waals surface area (Å²) in [6.07, 6.45) is 10.2. The Morgan fingerprint density at radius 3 is 2.95 bits per heavy atom. The molecule has 1 saturated heterocycles. The highest BCUT2D eigenvalue weighted by molar-refractivity contribution is 9.10. The highest BCUT2D eigenvalue weighted by Gasteiger charge is 2.43. The Bertz CT molecular complexity index is 480. The normalized spacial score (nSPS) is 34.5. The van der Waals surface area contributed by atoms with E-state index in [2.05, 4.69) is 30.8 Å². The second kappa shape index (κ2) is 5.60. The molecule has 0 amide bonds. The van der Waals surface area contributed by atoms with Crippen LogP contribution in [0.4, 0.5) is 5.82 Å². The van der Waals surface area contributed by atoms with Gasteiger partial charge in [-0.1, -0.05) is 12.8 Å². The highest BCUT2D eigenvalue weighted by atomic mass is 79.9. The second-order valence-electron chi connectivity index (χ2n) is 6.31. The molecular formula is C15H22BrN3O. The molecule has 2 heterocycles. The lowest BCUT2D eigenvalue weighted by atomic mass is 9.72. The van der Waals surface area contributed by atoms with Gasteiger partial charge >= 0.3 is 0 Å². The van der Waals surface area contributed by atoms with Crippen molar-refractivity contribution in [3.8, 4) is 0 Å². The first-order valence-electron chi connectivity index (χ1n) is 7.54. The van der Waals surface area contributed by atoms with E-state index in [-0.39, 0.29) is 0 Å². The average Bonchev–Trinajstić information content (AvgIpc) is 2.87. The third-order valence-electron chi connectivity index (χ3n) is 4.93. The first kappa shape index (κ1) is 14.3. The molecule has 1 aliphatic carbocycles. The van der Waals surface area contributed by atoms with Gasteiger partial charge in [-0.3, -0.25) is 0 Å². The monoisotopic (exact) mass is 339 g/mol. The van der Waals surface area contributed by atoms with Crippen molar-refractivity contribution in [2.75, 3.05) is 11.4 Å². The molecule has 3 rings (SSSR count). The number of halogens is 1. The van der Waals surface area contributed by atoms with Crippen molar-refractivity contribution in [3.05, 3.63) is 17.0 Å². The van der Waals surface area contributed by atoms with Crippen LogP contribution in [0.1, 0.15) is 45.4 Å². The number of hydrogen-bond acceptors (Lipinski definition) is 4. The van der Waals surface area contributed by atoms with Crippen molar-refractivity contribution in [1.82, 2.24) is 9.97 Å². The SMILES string of the molecule is C[C@]1(O)CCCC[C@H]1[C@@H]1CCCN1c1ncncc1Br. The van der Waals surface area contributed by atoms with Crippen LogP contribution in [0.5, 0.6) is 0 Å². The van der Waals surface area contributed by atoms with Crippen molar-refractivity contribution in [2.45, 2.75) is 57.1 Å². The Morgan fingerprint density at radius 1 is 1.35 bits per heavy atom. The first-order valence-corrected chi connectivity index (χ1v) is 8.33. The predicted molar refractivity (Wildman–Crippen MR) is 82.7 cm³/mol. The van der Waals surface area contributed by atoms with E-state index < -0.39 is 5.60 Å². The molecule has 1 saturated carbocycles.